The van der Waals surface area contributed by atoms with Crippen molar-refractivity contribution in [3.8, 4) is 0 Å². The predicted octanol–water partition coefficient (Wildman–Crippen LogP) is 0.119. The largest absolute Gasteiger partial charge is 0.480 e. The highest BCUT2D eigenvalue weighted by Crippen LogP contribution is 2.19. The molecule has 1 atom stereocenters. The molecule has 0 saturated carbocycles. The molecule has 1 aliphatic rings. The molecule has 1 heterocycles. The Morgan fingerprint density at radius 3 is 2.86 bits per heavy atom. The minimum absolute atomic E-state index is 0.0639. The van der Waals surface area contributed by atoms with Crippen molar-refractivity contribution >= 4 is 17.6 Å². The maximum atomic E-state index is 13.4. The average Bonchev–Trinajstić information content (AvgIpc) is 2.37. The van der Waals surface area contributed by atoms with Crippen LogP contribution in [0.3, 0.4) is 0 Å². The molecule has 0 aliphatic carbocycles. The van der Waals surface area contributed by atoms with Gasteiger partial charge in [0, 0.05) is 19.2 Å². The number of nitro benzene ring substituents is 1. The van der Waals surface area contributed by atoms with Crippen LogP contribution < -0.4 is 5.32 Å². The highest BCUT2D eigenvalue weighted by Gasteiger charge is 2.32. The first kappa shape index (κ1) is 14.9. The molecule has 1 saturated heterocycles. The zero-order chi connectivity index (χ0) is 15.6. The molecule has 1 fully saturated rings. The third-order valence-corrected chi connectivity index (χ3v) is 3.10. The van der Waals surface area contributed by atoms with Crippen LogP contribution in [0.1, 0.15) is 5.56 Å². The van der Waals surface area contributed by atoms with Gasteiger partial charge in [0.05, 0.1) is 17.5 Å². The highest BCUT2D eigenvalue weighted by molar-refractivity contribution is 5.83. The lowest BCUT2D eigenvalue weighted by Gasteiger charge is -2.32. The number of piperazine rings is 1. The topological polar surface area (TPSA) is 113 Å². The van der Waals surface area contributed by atoms with E-state index in [0.29, 0.717) is 0 Å². The van der Waals surface area contributed by atoms with E-state index in [4.69, 9.17) is 5.11 Å². The van der Waals surface area contributed by atoms with E-state index in [0.717, 1.165) is 18.2 Å². The Hall–Kier alpha value is -2.55. The van der Waals surface area contributed by atoms with E-state index in [1.54, 1.807) is 0 Å². The van der Waals surface area contributed by atoms with Crippen molar-refractivity contribution in [2.45, 2.75) is 12.6 Å². The van der Waals surface area contributed by atoms with Crippen molar-refractivity contribution in [2.24, 2.45) is 0 Å². The number of nitrogens with zero attached hydrogens (tertiary/aromatic N) is 2. The lowest BCUT2D eigenvalue weighted by Crippen LogP contribution is -2.56. The number of aliphatic carboxylic acids is 1. The molecular formula is C12H12FN3O5. The Morgan fingerprint density at radius 2 is 2.24 bits per heavy atom. The van der Waals surface area contributed by atoms with Crippen molar-refractivity contribution in [3.05, 3.63) is 39.7 Å². The number of rotatable bonds is 4. The molecule has 8 nitrogen and oxygen atoms in total. The van der Waals surface area contributed by atoms with E-state index in [2.05, 4.69) is 5.32 Å². The van der Waals surface area contributed by atoms with Crippen molar-refractivity contribution in [1.29, 1.82) is 0 Å². The molecule has 1 amide bonds. The number of carboxylic acids is 1. The van der Waals surface area contributed by atoms with Crippen LogP contribution in [0.15, 0.2) is 18.2 Å². The van der Waals surface area contributed by atoms with Crippen LogP contribution >= 0.6 is 0 Å². The summed E-state index contributed by atoms with van der Waals surface area (Å²) >= 11 is 0. The number of benzene rings is 1. The summed E-state index contributed by atoms with van der Waals surface area (Å²) in [5.74, 6) is -2.26. The van der Waals surface area contributed by atoms with Crippen LogP contribution in [0, 0.1) is 15.9 Å². The van der Waals surface area contributed by atoms with Gasteiger partial charge in [-0.15, -0.1) is 0 Å². The number of non-ortho nitro benzene ring substituents is 1. The summed E-state index contributed by atoms with van der Waals surface area (Å²) in [5, 5.41) is 22.2. The first-order valence-corrected chi connectivity index (χ1v) is 6.04. The monoisotopic (exact) mass is 297 g/mol. The number of nitro groups is 1. The fraction of sp³-hybridized carbons (Fsp3) is 0.333. The standard InChI is InChI=1S/C12H12FN3O5/c13-8-1-7(2-9(3-8)16(20)21)5-15-6-11(17)14-4-10(15)12(18)19/h1-3,10H,4-6H2,(H,14,17)(H,18,19). The Morgan fingerprint density at radius 1 is 1.52 bits per heavy atom. The van der Waals surface area contributed by atoms with E-state index >= 15 is 0 Å². The molecule has 0 radical (unpaired) electrons. The fourth-order valence-electron chi connectivity index (χ4n) is 2.16. The smallest absolute Gasteiger partial charge is 0.322 e. The minimum Gasteiger partial charge on any atom is -0.480 e. The summed E-state index contributed by atoms with van der Waals surface area (Å²) < 4.78 is 13.4. The van der Waals surface area contributed by atoms with Crippen LogP contribution in [0.2, 0.25) is 0 Å². The van der Waals surface area contributed by atoms with E-state index in [1.165, 1.54) is 4.90 Å². The van der Waals surface area contributed by atoms with E-state index in [1.807, 2.05) is 0 Å². The molecular weight excluding hydrogens is 285 g/mol. The number of carbonyl (C=O) groups is 2. The number of nitrogens with one attached hydrogen (secondary N) is 1. The summed E-state index contributed by atoms with van der Waals surface area (Å²) in [4.78, 5) is 33.8. The van der Waals surface area contributed by atoms with Gasteiger partial charge in [-0.05, 0) is 11.6 Å². The van der Waals surface area contributed by atoms with Crippen molar-refractivity contribution in [2.75, 3.05) is 13.1 Å². The van der Waals surface area contributed by atoms with Gasteiger partial charge >= 0.3 is 5.97 Å². The Kier molecular flexibility index (Phi) is 4.13. The number of amides is 1. The van der Waals surface area contributed by atoms with Gasteiger partial charge in [-0.25, -0.2) is 4.39 Å². The Bertz CT molecular complexity index is 607. The second-order valence-electron chi connectivity index (χ2n) is 4.64. The zero-order valence-electron chi connectivity index (χ0n) is 10.8. The maximum Gasteiger partial charge on any atom is 0.322 e. The third kappa shape index (κ3) is 3.51. The van der Waals surface area contributed by atoms with Crippen molar-refractivity contribution < 1.29 is 24.0 Å². The van der Waals surface area contributed by atoms with E-state index < -0.39 is 28.4 Å². The zero-order valence-corrected chi connectivity index (χ0v) is 10.8. The van der Waals surface area contributed by atoms with Gasteiger partial charge in [-0.2, -0.15) is 0 Å². The number of carbonyl (C=O) groups excluding carboxylic acids is 1. The van der Waals surface area contributed by atoms with Gasteiger partial charge in [-0.1, -0.05) is 0 Å². The summed E-state index contributed by atoms with van der Waals surface area (Å²) in [5.41, 5.74) is -0.180. The highest BCUT2D eigenvalue weighted by atomic mass is 19.1. The Balaban J connectivity index is 2.24. The normalized spacial score (nSPS) is 19.1. The number of hydrogen-bond acceptors (Lipinski definition) is 5. The van der Waals surface area contributed by atoms with Crippen LogP contribution in [0.4, 0.5) is 10.1 Å². The molecule has 2 N–H and O–H groups in total. The molecule has 1 aromatic rings. The number of hydrogen-bond donors (Lipinski definition) is 2. The molecule has 0 aromatic heterocycles. The average molecular weight is 297 g/mol. The van der Waals surface area contributed by atoms with Gasteiger partial charge in [0.25, 0.3) is 5.69 Å². The molecule has 1 aromatic carbocycles. The maximum absolute atomic E-state index is 13.4. The van der Waals surface area contributed by atoms with Gasteiger partial charge in [0.2, 0.25) is 5.91 Å². The lowest BCUT2D eigenvalue weighted by molar-refractivity contribution is -0.385. The molecule has 2 rings (SSSR count). The molecule has 1 aliphatic heterocycles. The van der Waals surface area contributed by atoms with Gasteiger partial charge in [0.15, 0.2) is 0 Å². The van der Waals surface area contributed by atoms with E-state index in [-0.39, 0.29) is 31.1 Å². The van der Waals surface area contributed by atoms with Gasteiger partial charge in [-0.3, -0.25) is 24.6 Å². The van der Waals surface area contributed by atoms with Crippen LogP contribution in [-0.4, -0.2) is 45.9 Å². The van der Waals surface area contributed by atoms with Crippen LogP contribution in [0.25, 0.3) is 0 Å². The minimum atomic E-state index is -1.12. The molecule has 9 heteroatoms. The predicted molar refractivity (Wildman–Crippen MR) is 67.9 cm³/mol. The summed E-state index contributed by atoms with van der Waals surface area (Å²) in [6, 6.07) is 2.07. The summed E-state index contributed by atoms with van der Waals surface area (Å²) in [6.45, 7) is -0.296. The van der Waals surface area contributed by atoms with Crippen LogP contribution in [-0.2, 0) is 16.1 Å². The summed E-state index contributed by atoms with van der Waals surface area (Å²) in [7, 11) is 0. The molecule has 112 valence electrons. The number of carboxylic acid groups (broad SMARTS) is 1. The molecule has 1 unspecified atom stereocenters. The number of halogens is 1. The van der Waals surface area contributed by atoms with E-state index in [9.17, 15) is 24.1 Å². The van der Waals surface area contributed by atoms with Gasteiger partial charge in [0.1, 0.15) is 11.9 Å². The molecule has 21 heavy (non-hydrogen) atoms. The molecule has 0 bridgehead atoms. The second kappa shape index (κ2) is 5.83. The third-order valence-electron chi connectivity index (χ3n) is 3.10. The first-order valence-electron chi connectivity index (χ1n) is 6.04. The summed E-state index contributed by atoms with van der Waals surface area (Å²) in [6.07, 6.45) is 0. The SMILES string of the molecule is O=C1CN(Cc2cc(F)cc([N+](=O)[O-])c2)C(C(=O)O)CN1. The first-order chi connectivity index (χ1) is 9.86. The van der Waals surface area contributed by atoms with Crippen molar-refractivity contribution in [3.63, 3.8) is 0 Å². The second-order valence-corrected chi connectivity index (χ2v) is 4.64. The lowest BCUT2D eigenvalue weighted by atomic mass is 10.1. The molecule has 0 spiro atoms. The Labute approximate surface area is 118 Å². The quantitative estimate of drug-likeness (QED) is 0.603. The fourth-order valence-corrected chi connectivity index (χ4v) is 2.16. The van der Waals surface area contributed by atoms with Crippen molar-refractivity contribution in [1.82, 2.24) is 10.2 Å². The van der Waals surface area contributed by atoms with Crippen LogP contribution in [0.5, 0.6) is 0 Å². The van der Waals surface area contributed by atoms with Gasteiger partial charge < -0.3 is 10.4 Å².